The van der Waals surface area contributed by atoms with Gasteiger partial charge < -0.3 is 14.8 Å². The molecule has 0 spiro atoms. The number of hydrogen-bond acceptors (Lipinski definition) is 3. The van der Waals surface area contributed by atoms with E-state index in [1.807, 2.05) is 73.7 Å². The first kappa shape index (κ1) is 17.5. The summed E-state index contributed by atoms with van der Waals surface area (Å²) in [6, 6.07) is 22.6. The van der Waals surface area contributed by atoms with Crippen LogP contribution in [0.4, 0.5) is 5.69 Å². The number of aryl methyl sites for hydroxylation is 1. The summed E-state index contributed by atoms with van der Waals surface area (Å²) < 4.78 is 11.1. The van der Waals surface area contributed by atoms with E-state index < -0.39 is 0 Å². The van der Waals surface area contributed by atoms with Gasteiger partial charge in [0.15, 0.2) is 0 Å². The lowest BCUT2D eigenvalue weighted by Gasteiger charge is -2.14. The molecule has 0 heterocycles. The van der Waals surface area contributed by atoms with Crippen molar-refractivity contribution in [3.8, 4) is 11.5 Å². The summed E-state index contributed by atoms with van der Waals surface area (Å²) in [5, 5.41) is 2.94. The first-order chi connectivity index (χ1) is 12.7. The van der Waals surface area contributed by atoms with Crippen molar-refractivity contribution in [3.05, 3.63) is 89.5 Å². The summed E-state index contributed by atoms with van der Waals surface area (Å²) in [6.07, 6.45) is 0. The molecule has 132 valence electrons. The Morgan fingerprint density at radius 1 is 0.962 bits per heavy atom. The maximum atomic E-state index is 12.8. The second-order valence-electron chi connectivity index (χ2n) is 5.92. The molecule has 4 heteroatoms. The van der Waals surface area contributed by atoms with Gasteiger partial charge in [-0.2, -0.15) is 0 Å². The van der Waals surface area contributed by atoms with Crippen LogP contribution in [-0.4, -0.2) is 13.0 Å². The molecule has 3 rings (SSSR count). The second kappa shape index (κ2) is 8.21. The zero-order valence-electron chi connectivity index (χ0n) is 14.9. The lowest BCUT2D eigenvalue weighted by molar-refractivity contribution is 0.102. The fourth-order valence-electron chi connectivity index (χ4n) is 2.65. The maximum absolute atomic E-state index is 12.8. The van der Waals surface area contributed by atoms with Crippen LogP contribution in [-0.2, 0) is 6.61 Å². The number of carbonyl (C=O) groups is 1. The number of anilines is 1. The lowest BCUT2D eigenvalue weighted by atomic mass is 10.1. The summed E-state index contributed by atoms with van der Waals surface area (Å²) in [5.74, 6) is 1.20. The summed E-state index contributed by atoms with van der Waals surface area (Å²) in [5.41, 5.74) is 3.09. The van der Waals surface area contributed by atoms with Gasteiger partial charge in [-0.15, -0.1) is 0 Å². The van der Waals surface area contributed by atoms with E-state index in [0.29, 0.717) is 23.6 Å². The van der Waals surface area contributed by atoms with Crippen molar-refractivity contribution in [3.63, 3.8) is 0 Å². The summed E-state index contributed by atoms with van der Waals surface area (Å²) >= 11 is 0. The smallest absolute Gasteiger partial charge is 0.256 e. The minimum Gasteiger partial charge on any atom is -0.495 e. The number of rotatable bonds is 6. The topological polar surface area (TPSA) is 47.6 Å². The number of methoxy groups -OCH3 is 1. The Hall–Kier alpha value is -3.27. The molecule has 0 aromatic heterocycles. The molecule has 0 atom stereocenters. The molecule has 1 amide bonds. The van der Waals surface area contributed by atoms with Gasteiger partial charge in [0.25, 0.3) is 5.91 Å². The van der Waals surface area contributed by atoms with E-state index >= 15 is 0 Å². The molecule has 0 bridgehead atoms. The SMILES string of the molecule is COc1ccc(C)cc1NC(=O)c1ccccc1COc1ccccc1. The van der Waals surface area contributed by atoms with Gasteiger partial charge in [0.2, 0.25) is 0 Å². The zero-order chi connectivity index (χ0) is 18.4. The van der Waals surface area contributed by atoms with Crippen molar-refractivity contribution in [2.45, 2.75) is 13.5 Å². The van der Waals surface area contributed by atoms with E-state index in [2.05, 4.69) is 5.32 Å². The molecule has 0 saturated heterocycles. The molecular formula is C22H21NO3. The Morgan fingerprint density at radius 2 is 1.69 bits per heavy atom. The molecule has 0 aliphatic carbocycles. The average Bonchev–Trinajstić information content (AvgIpc) is 2.67. The lowest BCUT2D eigenvalue weighted by Crippen LogP contribution is -2.15. The van der Waals surface area contributed by atoms with Crippen LogP contribution in [0.2, 0.25) is 0 Å². The summed E-state index contributed by atoms with van der Waals surface area (Å²) in [6.45, 7) is 2.29. The number of hydrogen-bond donors (Lipinski definition) is 1. The van der Waals surface area contributed by atoms with Crippen molar-refractivity contribution in [1.29, 1.82) is 0 Å². The molecule has 0 fully saturated rings. The minimum atomic E-state index is -0.193. The Kier molecular flexibility index (Phi) is 5.54. The van der Waals surface area contributed by atoms with Gasteiger partial charge in [0.05, 0.1) is 12.8 Å². The minimum absolute atomic E-state index is 0.193. The quantitative estimate of drug-likeness (QED) is 0.694. The third-order valence-electron chi connectivity index (χ3n) is 4.00. The molecule has 0 saturated carbocycles. The Bertz CT molecular complexity index is 891. The molecule has 4 nitrogen and oxygen atoms in total. The van der Waals surface area contributed by atoms with Crippen LogP contribution in [0.15, 0.2) is 72.8 Å². The van der Waals surface area contributed by atoms with Gasteiger partial charge in [-0.25, -0.2) is 0 Å². The van der Waals surface area contributed by atoms with Crippen molar-refractivity contribution >= 4 is 11.6 Å². The van der Waals surface area contributed by atoms with Crippen LogP contribution in [0.25, 0.3) is 0 Å². The molecule has 26 heavy (non-hydrogen) atoms. The van der Waals surface area contributed by atoms with E-state index in [4.69, 9.17) is 9.47 Å². The number of ether oxygens (including phenoxy) is 2. The van der Waals surface area contributed by atoms with Gasteiger partial charge in [-0.05, 0) is 42.8 Å². The monoisotopic (exact) mass is 347 g/mol. The van der Waals surface area contributed by atoms with Crippen molar-refractivity contribution < 1.29 is 14.3 Å². The molecule has 3 aromatic rings. The van der Waals surface area contributed by atoms with Gasteiger partial charge in [0.1, 0.15) is 18.1 Å². The van der Waals surface area contributed by atoms with E-state index in [1.165, 1.54) is 0 Å². The van der Waals surface area contributed by atoms with Crippen molar-refractivity contribution in [2.24, 2.45) is 0 Å². The van der Waals surface area contributed by atoms with Crippen molar-refractivity contribution in [2.75, 3.05) is 12.4 Å². The Balaban J connectivity index is 1.79. The van der Waals surface area contributed by atoms with Gasteiger partial charge in [-0.3, -0.25) is 4.79 Å². The highest BCUT2D eigenvalue weighted by molar-refractivity contribution is 6.06. The fraction of sp³-hybridized carbons (Fsp3) is 0.136. The molecule has 0 radical (unpaired) electrons. The van der Waals surface area contributed by atoms with E-state index in [-0.39, 0.29) is 5.91 Å². The first-order valence-corrected chi connectivity index (χ1v) is 8.39. The molecule has 3 aromatic carbocycles. The highest BCUT2D eigenvalue weighted by Crippen LogP contribution is 2.26. The molecule has 0 aliphatic heterocycles. The zero-order valence-corrected chi connectivity index (χ0v) is 14.9. The Labute approximate surface area is 153 Å². The highest BCUT2D eigenvalue weighted by atomic mass is 16.5. The number of benzene rings is 3. The van der Waals surface area contributed by atoms with Crippen LogP contribution >= 0.6 is 0 Å². The normalized spacial score (nSPS) is 10.2. The van der Waals surface area contributed by atoms with Gasteiger partial charge in [0, 0.05) is 11.1 Å². The Morgan fingerprint density at radius 3 is 2.46 bits per heavy atom. The fourth-order valence-corrected chi connectivity index (χ4v) is 2.65. The van der Waals surface area contributed by atoms with E-state index in [9.17, 15) is 4.79 Å². The van der Waals surface area contributed by atoms with Crippen LogP contribution in [0, 0.1) is 6.92 Å². The average molecular weight is 347 g/mol. The third kappa shape index (κ3) is 4.22. The molecule has 0 aliphatic rings. The van der Waals surface area contributed by atoms with Gasteiger partial charge >= 0.3 is 0 Å². The number of para-hydroxylation sites is 1. The number of amides is 1. The summed E-state index contributed by atoms with van der Waals surface area (Å²) in [7, 11) is 1.59. The predicted octanol–water partition coefficient (Wildman–Crippen LogP) is 4.83. The largest absolute Gasteiger partial charge is 0.495 e. The van der Waals surface area contributed by atoms with Crippen molar-refractivity contribution in [1.82, 2.24) is 0 Å². The molecule has 1 N–H and O–H groups in total. The van der Waals surface area contributed by atoms with E-state index in [1.54, 1.807) is 13.2 Å². The van der Waals surface area contributed by atoms with E-state index in [0.717, 1.165) is 16.9 Å². The number of nitrogens with one attached hydrogen (secondary N) is 1. The van der Waals surface area contributed by atoms with Crippen LogP contribution in [0.5, 0.6) is 11.5 Å². The summed E-state index contributed by atoms with van der Waals surface area (Å²) in [4.78, 5) is 12.8. The maximum Gasteiger partial charge on any atom is 0.256 e. The molecular weight excluding hydrogens is 326 g/mol. The highest BCUT2D eigenvalue weighted by Gasteiger charge is 2.14. The molecule has 0 unspecified atom stereocenters. The van der Waals surface area contributed by atoms with Crippen LogP contribution < -0.4 is 14.8 Å². The predicted molar refractivity (Wildman–Crippen MR) is 103 cm³/mol. The van der Waals surface area contributed by atoms with Gasteiger partial charge in [-0.1, -0.05) is 42.5 Å². The second-order valence-corrected chi connectivity index (χ2v) is 5.92. The standard InChI is InChI=1S/C22H21NO3/c1-16-12-13-21(25-2)20(14-16)23-22(24)19-11-7-6-8-17(19)15-26-18-9-4-3-5-10-18/h3-14H,15H2,1-2H3,(H,23,24). The third-order valence-corrected chi connectivity index (χ3v) is 4.00. The first-order valence-electron chi connectivity index (χ1n) is 8.39. The number of carbonyl (C=O) groups excluding carboxylic acids is 1. The van der Waals surface area contributed by atoms with Crippen LogP contribution in [0.3, 0.4) is 0 Å². The van der Waals surface area contributed by atoms with Crippen LogP contribution in [0.1, 0.15) is 21.5 Å².